The molecule has 54 valence electrons. The van der Waals surface area contributed by atoms with Crippen molar-refractivity contribution in [1.82, 2.24) is 4.90 Å². The molecule has 2 rings (SSSR count). The zero-order chi connectivity index (χ0) is 7.35. The van der Waals surface area contributed by atoms with Gasteiger partial charge in [0.2, 0.25) is 5.91 Å². The van der Waals surface area contributed by atoms with Crippen molar-refractivity contribution in [3.05, 3.63) is 11.6 Å². The highest BCUT2D eigenvalue weighted by Gasteiger charge is 2.55. The summed E-state index contributed by atoms with van der Waals surface area (Å²) in [5.74, 6) is 0.249. The van der Waals surface area contributed by atoms with Crippen molar-refractivity contribution in [3.8, 4) is 0 Å². The van der Waals surface area contributed by atoms with Gasteiger partial charge in [-0.05, 0) is 19.3 Å². The second-order valence-corrected chi connectivity index (χ2v) is 4.20. The van der Waals surface area contributed by atoms with Crippen LogP contribution < -0.4 is 0 Å². The molecule has 1 amide bonds. The molecule has 1 atom stereocenters. The molecule has 0 aromatic carbocycles. The summed E-state index contributed by atoms with van der Waals surface area (Å²) in [6.45, 7) is 3.99. The van der Waals surface area contributed by atoms with Crippen molar-refractivity contribution >= 4 is 17.7 Å². The standard InChI is InChI=1S/C7H9NOS/c1-7(2)5(9)8-3-4-10-6(7)8/h3-4,6H,1-2H3/t6-/m0/s1. The SMILES string of the molecule is CC1(C)C(=O)N2C=CS[C@H]21. The first-order valence-electron chi connectivity index (χ1n) is 3.29. The van der Waals surface area contributed by atoms with Crippen LogP contribution in [0.4, 0.5) is 0 Å². The van der Waals surface area contributed by atoms with E-state index in [2.05, 4.69) is 0 Å². The number of rotatable bonds is 0. The van der Waals surface area contributed by atoms with Crippen LogP contribution in [0.3, 0.4) is 0 Å². The van der Waals surface area contributed by atoms with E-state index < -0.39 is 0 Å². The number of thioether (sulfide) groups is 1. The van der Waals surface area contributed by atoms with Crippen LogP contribution in [-0.4, -0.2) is 16.2 Å². The average Bonchev–Trinajstić information content (AvgIpc) is 2.31. The lowest BCUT2D eigenvalue weighted by Gasteiger charge is -2.47. The molecule has 0 radical (unpaired) electrons. The molecule has 0 aromatic rings. The van der Waals surface area contributed by atoms with Crippen molar-refractivity contribution in [2.75, 3.05) is 0 Å². The molecule has 0 N–H and O–H groups in total. The lowest BCUT2D eigenvalue weighted by Crippen LogP contribution is -2.60. The Morgan fingerprint density at radius 2 is 2.40 bits per heavy atom. The number of hydrogen-bond donors (Lipinski definition) is 0. The monoisotopic (exact) mass is 155 g/mol. The minimum atomic E-state index is -0.131. The van der Waals surface area contributed by atoms with Crippen LogP contribution in [0.5, 0.6) is 0 Å². The number of nitrogens with zero attached hydrogens (tertiary/aromatic N) is 1. The van der Waals surface area contributed by atoms with Crippen LogP contribution in [0.25, 0.3) is 0 Å². The van der Waals surface area contributed by atoms with E-state index >= 15 is 0 Å². The van der Waals surface area contributed by atoms with Gasteiger partial charge in [0.15, 0.2) is 0 Å². The van der Waals surface area contributed by atoms with Gasteiger partial charge in [0.25, 0.3) is 0 Å². The summed E-state index contributed by atoms with van der Waals surface area (Å²) >= 11 is 1.73. The highest BCUT2D eigenvalue weighted by molar-refractivity contribution is 8.03. The summed E-state index contributed by atoms with van der Waals surface area (Å²) in [4.78, 5) is 13.0. The molecule has 2 heterocycles. The quantitative estimate of drug-likeness (QED) is 0.493. The van der Waals surface area contributed by atoms with Gasteiger partial charge in [-0.25, -0.2) is 0 Å². The largest absolute Gasteiger partial charge is 0.304 e. The molecule has 0 spiro atoms. The van der Waals surface area contributed by atoms with E-state index in [0.717, 1.165) is 0 Å². The molecular weight excluding hydrogens is 146 g/mol. The van der Waals surface area contributed by atoms with Crippen LogP contribution in [0.2, 0.25) is 0 Å². The summed E-state index contributed by atoms with van der Waals surface area (Å²) in [5, 5.41) is 2.36. The average molecular weight is 155 g/mol. The predicted octanol–water partition coefficient (Wildman–Crippen LogP) is 1.40. The predicted molar refractivity (Wildman–Crippen MR) is 41.1 cm³/mol. The van der Waals surface area contributed by atoms with Gasteiger partial charge in [0.05, 0.1) is 10.8 Å². The summed E-state index contributed by atoms with van der Waals surface area (Å²) in [6, 6.07) is 0. The minimum absolute atomic E-state index is 0.131. The number of carbonyl (C=O) groups excluding carboxylic acids is 1. The van der Waals surface area contributed by atoms with Crippen molar-refractivity contribution in [3.63, 3.8) is 0 Å². The molecule has 1 saturated heterocycles. The summed E-state index contributed by atoms with van der Waals surface area (Å²) in [7, 11) is 0. The molecule has 2 aliphatic heterocycles. The third-order valence-electron chi connectivity index (χ3n) is 2.08. The summed E-state index contributed by atoms with van der Waals surface area (Å²) < 4.78 is 0. The fourth-order valence-corrected chi connectivity index (χ4v) is 2.47. The lowest BCUT2D eigenvalue weighted by atomic mass is 9.83. The van der Waals surface area contributed by atoms with Gasteiger partial charge in [0, 0.05) is 6.20 Å². The van der Waals surface area contributed by atoms with Crippen molar-refractivity contribution in [2.45, 2.75) is 19.2 Å². The van der Waals surface area contributed by atoms with E-state index in [-0.39, 0.29) is 11.3 Å². The van der Waals surface area contributed by atoms with E-state index in [1.165, 1.54) is 0 Å². The third kappa shape index (κ3) is 0.498. The number of amides is 1. The molecule has 0 aromatic heterocycles. The van der Waals surface area contributed by atoms with Gasteiger partial charge in [-0.1, -0.05) is 0 Å². The van der Waals surface area contributed by atoms with Crippen molar-refractivity contribution in [2.24, 2.45) is 5.41 Å². The molecule has 3 heteroatoms. The highest BCUT2D eigenvalue weighted by atomic mass is 32.2. The molecule has 2 nitrogen and oxygen atoms in total. The summed E-state index contributed by atoms with van der Waals surface area (Å²) in [6.07, 6.45) is 1.86. The molecule has 0 unspecified atom stereocenters. The number of carbonyl (C=O) groups is 1. The number of β-lactam (4-membered cyclic amide) rings is 1. The normalized spacial score (nSPS) is 34.0. The van der Waals surface area contributed by atoms with Gasteiger partial charge >= 0.3 is 0 Å². The molecule has 0 saturated carbocycles. The van der Waals surface area contributed by atoms with Crippen LogP contribution in [-0.2, 0) is 4.79 Å². The van der Waals surface area contributed by atoms with Crippen LogP contribution >= 0.6 is 11.8 Å². The van der Waals surface area contributed by atoms with Gasteiger partial charge in [-0.2, -0.15) is 0 Å². The Labute approximate surface area is 64.3 Å². The molecule has 1 fully saturated rings. The van der Waals surface area contributed by atoms with Gasteiger partial charge in [-0.3, -0.25) is 4.79 Å². The fourth-order valence-electron chi connectivity index (χ4n) is 1.38. The molecule has 0 aliphatic carbocycles. The van der Waals surface area contributed by atoms with Crippen LogP contribution in [0.15, 0.2) is 11.6 Å². The molecule has 2 aliphatic rings. The maximum Gasteiger partial charge on any atom is 0.236 e. The Morgan fingerprint density at radius 3 is 3.00 bits per heavy atom. The maximum absolute atomic E-state index is 11.2. The fraction of sp³-hybridized carbons (Fsp3) is 0.571. The molecule has 0 bridgehead atoms. The third-order valence-corrected chi connectivity index (χ3v) is 3.44. The maximum atomic E-state index is 11.2. The van der Waals surface area contributed by atoms with Crippen LogP contribution in [0, 0.1) is 5.41 Å². The van der Waals surface area contributed by atoms with Crippen LogP contribution in [0.1, 0.15) is 13.8 Å². The van der Waals surface area contributed by atoms with Gasteiger partial charge in [0.1, 0.15) is 0 Å². The first-order valence-corrected chi connectivity index (χ1v) is 4.23. The second-order valence-electron chi connectivity index (χ2n) is 3.21. The lowest BCUT2D eigenvalue weighted by molar-refractivity contribution is -0.153. The molecular formula is C7H9NOS. The van der Waals surface area contributed by atoms with E-state index in [0.29, 0.717) is 5.37 Å². The number of hydrogen-bond acceptors (Lipinski definition) is 2. The van der Waals surface area contributed by atoms with E-state index in [4.69, 9.17) is 0 Å². The van der Waals surface area contributed by atoms with Gasteiger partial charge in [-0.15, -0.1) is 11.8 Å². The summed E-state index contributed by atoms with van der Waals surface area (Å²) in [5.41, 5.74) is -0.131. The topological polar surface area (TPSA) is 20.3 Å². The number of fused-ring (bicyclic) bond motifs is 1. The zero-order valence-corrected chi connectivity index (χ0v) is 6.81. The smallest absolute Gasteiger partial charge is 0.236 e. The minimum Gasteiger partial charge on any atom is -0.304 e. The Hall–Kier alpha value is -0.440. The first kappa shape index (κ1) is 6.28. The highest BCUT2D eigenvalue weighted by Crippen LogP contribution is 2.48. The van der Waals surface area contributed by atoms with Gasteiger partial charge < -0.3 is 4.90 Å². The van der Waals surface area contributed by atoms with E-state index in [9.17, 15) is 4.79 Å². The van der Waals surface area contributed by atoms with E-state index in [1.54, 1.807) is 16.7 Å². The second kappa shape index (κ2) is 1.59. The Bertz CT molecular complexity index is 222. The van der Waals surface area contributed by atoms with Crippen molar-refractivity contribution < 1.29 is 4.79 Å². The molecule has 10 heavy (non-hydrogen) atoms. The zero-order valence-electron chi connectivity index (χ0n) is 6.00. The van der Waals surface area contributed by atoms with Crippen molar-refractivity contribution in [1.29, 1.82) is 0 Å². The first-order chi connectivity index (χ1) is 4.64. The Kier molecular flexibility index (Phi) is 0.997. The Balaban J connectivity index is 2.28. The Morgan fingerprint density at radius 1 is 1.70 bits per heavy atom. The van der Waals surface area contributed by atoms with E-state index in [1.807, 2.05) is 25.5 Å².